The maximum atomic E-state index is 13.2. The van der Waals surface area contributed by atoms with Crippen molar-refractivity contribution in [2.24, 2.45) is 0 Å². The number of nitrogens with zero attached hydrogens (tertiary/aromatic N) is 3. The molecule has 0 saturated carbocycles. The van der Waals surface area contributed by atoms with Gasteiger partial charge < -0.3 is 19.5 Å². The number of likely N-dealkylation sites (N-methyl/N-ethyl adjacent to an activating group) is 1. The number of rotatable bonds is 5. The van der Waals surface area contributed by atoms with Gasteiger partial charge in [-0.15, -0.1) is 0 Å². The highest BCUT2D eigenvalue weighted by atomic mass is 16.5. The number of amides is 2. The molecule has 0 unspecified atom stereocenters. The van der Waals surface area contributed by atoms with Crippen LogP contribution in [0.1, 0.15) is 37.0 Å². The largest absolute Gasteiger partial charge is 0.356 e. The zero-order valence-electron chi connectivity index (χ0n) is 16.2. The summed E-state index contributed by atoms with van der Waals surface area (Å²) >= 11 is 0. The monoisotopic (exact) mass is 370 g/mol. The molecule has 3 rings (SSSR count). The van der Waals surface area contributed by atoms with Gasteiger partial charge in [0.05, 0.1) is 12.6 Å². The highest BCUT2D eigenvalue weighted by Crippen LogP contribution is 2.33. The summed E-state index contributed by atoms with van der Waals surface area (Å²) in [5.74, 6) is 0.440. The molecule has 1 aromatic heterocycles. The third-order valence-corrected chi connectivity index (χ3v) is 4.72. The SMILES string of the molecule is Cc1cnc(CN(C)C(=O)[C@H]2OCC(=O)N(C(C)C)[C@@H]2c2ccccc2)[nH]1. The molecule has 2 atom stereocenters. The summed E-state index contributed by atoms with van der Waals surface area (Å²) < 4.78 is 5.75. The van der Waals surface area contributed by atoms with Crippen LogP contribution in [0.4, 0.5) is 0 Å². The van der Waals surface area contributed by atoms with Gasteiger partial charge in [0.15, 0.2) is 6.10 Å². The number of carbonyl (C=O) groups is 2. The maximum Gasteiger partial charge on any atom is 0.254 e. The lowest BCUT2D eigenvalue weighted by atomic mass is 9.95. The standard InChI is InChI=1S/C20H26N4O3/c1-13(2)24-17(25)12-27-19(18(24)15-8-6-5-7-9-15)20(26)23(4)11-16-21-10-14(3)22-16/h5-10,13,18-19H,11-12H2,1-4H3,(H,21,22)/t18-,19+/m1/s1. The van der Waals surface area contributed by atoms with Crippen molar-refractivity contribution in [1.29, 1.82) is 0 Å². The van der Waals surface area contributed by atoms with Crippen molar-refractivity contribution in [1.82, 2.24) is 19.8 Å². The Balaban J connectivity index is 1.88. The summed E-state index contributed by atoms with van der Waals surface area (Å²) in [4.78, 5) is 36.4. The van der Waals surface area contributed by atoms with Gasteiger partial charge in [-0.25, -0.2) is 4.98 Å². The predicted octanol–water partition coefficient (Wildman–Crippen LogP) is 2.05. The molecular weight excluding hydrogens is 344 g/mol. The van der Waals surface area contributed by atoms with E-state index in [9.17, 15) is 9.59 Å². The van der Waals surface area contributed by atoms with Gasteiger partial charge in [0.2, 0.25) is 5.91 Å². The highest BCUT2D eigenvalue weighted by molar-refractivity contribution is 5.86. The second-order valence-electron chi connectivity index (χ2n) is 7.19. The minimum atomic E-state index is -0.756. The van der Waals surface area contributed by atoms with E-state index in [-0.39, 0.29) is 24.5 Å². The summed E-state index contributed by atoms with van der Waals surface area (Å²) in [6.07, 6.45) is 0.977. The van der Waals surface area contributed by atoms with E-state index in [0.29, 0.717) is 12.4 Å². The number of aromatic amines is 1. The van der Waals surface area contributed by atoms with Crippen molar-refractivity contribution in [2.45, 2.75) is 45.5 Å². The molecule has 1 aliphatic heterocycles. The van der Waals surface area contributed by atoms with E-state index in [1.54, 1.807) is 23.0 Å². The highest BCUT2D eigenvalue weighted by Gasteiger charge is 2.43. The number of benzene rings is 1. The third kappa shape index (κ3) is 4.03. The summed E-state index contributed by atoms with van der Waals surface area (Å²) in [6.45, 7) is 6.08. The average Bonchev–Trinajstić information content (AvgIpc) is 3.05. The molecule has 0 aliphatic carbocycles. The van der Waals surface area contributed by atoms with E-state index < -0.39 is 12.1 Å². The van der Waals surface area contributed by atoms with E-state index in [2.05, 4.69) is 9.97 Å². The van der Waals surface area contributed by atoms with Gasteiger partial charge in [0, 0.05) is 25.0 Å². The van der Waals surface area contributed by atoms with Gasteiger partial charge >= 0.3 is 0 Å². The predicted molar refractivity (Wildman–Crippen MR) is 101 cm³/mol. The van der Waals surface area contributed by atoms with E-state index in [4.69, 9.17) is 4.74 Å². The van der Waals surface area contributed by atoms with Gasteiger partial charge in [0.1, 0.15) is 12.4 Å². The lowest BCUT2D eigenvalue weighted by molar-refractivity contribution is -0.171. The molecule has 1 N–H and O–H groups in total. The van der Waals surface area contributed by atoms with Crippen LogP contribution in [0.3, 0.4) is 0 Å². The van der Waals surface area contributed by atoms with Crippen molar-refractivity contribution >= 4 is 11.8 Å². The van der Waals surface area contributed by atoms with Crippen LogP contribution in [0.2, 0.25) is 0 Å². The molecule has 1 fully saturated rings. The van der Waals surface area contributed by atoms with Gasteiger partial charge in [0.25, 0.3) is 5.91 Å². The second kappa shape index (κ2) is 7.92. The Morgan fingerprint density at radius 2 is 2.07 bits per heavy atom. The van der Waals surface area contributed by atoms with Crippen LogP contribution >= 0.6 is 0 Å². The number of aromatic nitrogens is 2. The lowest BCUT2D eigenvalue weighted by Crippen LogP contribution is -2.56. The number of H-pyrrole nitrogens is 1. The number of carbonyl (C=O) groups excluding carboxylic acids is 2. The molecule has 1 aromatic carbocycles. The van der Waals surface area contributed by atoms with Crippen molar-refractivity contribution < 1.29 is 14.3 Å². The molecule has 0 radical (unpaired) electrons. The smallest absolute Gasteiger partial charge is 0.254 e. The van der Waals surface area contributed by atoms with Crippen LogP contribution in [0, 0.1) is 6.92 Å². The summed E-state index contributed by atoms with van der Waals surface area (Å²) in [6, 6.07) is 9.08. The Hall–Kier alpha value is -2.67. The Morgan fingerprint density at radius 1 is 1.37 bits per heavy atom. The molecule has 1 aliphatic rings. The molecule has 2 amide bonds. The molecule has 144 valence electrons. The number of aryl methyl sites for hydroxylation is 1. The van der Waals surface area contributed by atoms with Crippen LogP contribution in [-0.4, -0.2) is 57.4 Å². The van der Waals surface area contributed by atoms with Gasteiger partial charge in [-0.2, -0.15) is 0 Å². The van der Waals surface area contributed by atoms with E-state index in [0.717, 1.165) is 11.3 Å². The van der Waals surface area contributed by atoms with E-state index in [1.165, 1.54) is 0 Å². The third-order valence-electron chi connectivity index (χ3n) is 4.72. The van der Waals surface area contributed by atoms with Crippen LogP contribution < -0.4 is 0 Å². The molecule has 7 heteroatoms. The first-order valence-electron chi connectivity index (χ1n) is 9.11. The van der Waals surface area contributed by atoms with Gasteiger partial charge in [-0.1, -0.05) is 30.3 Å². The first-order chi connectivity index (χ1) is 12.9. The number of hydrogen-bond acceptors (Lipinski definition) is 4. The van der Waals surface area contributed by atoms with Gasteiger partial charge in [-0.05, 0) is 26.3 Å². The Morgan fingerprint density at radius 3 is 2.67 bits per heavy atom. The summed E-state index contributed by atoms with van der Waals surface area (Å²) in [5, 5.41) is 0. The van der Waals surface area contributed by atoms with Crippen LogP contribution in [0.15, 0.2) is 36.5 Å². The minimum absolute atomic E-state index is 0.0417. The van der Waals surface area contributed by atoms with Crippen molar-refractivity contribution in [2.75, 3.05) is 13.7 Å². The summed E-state index contributed by atoms with van der Waals surface area (Å²) in [5.41, 5.74) is 1.83. The normalized spacial score (nSPS) is 20.2. The Labute approximate surface area is 159 Å². The van der Waals surface area contributed by atoms with E-state index >= 15 is 0 Å². The number of ether oxygens (including phenoxy) is 1. The fraction of sp³-hybridized carbons (Fsp3) is 0.450. The van der Waals surface area contributed by atoms with E-state index in [1.807, 2.05) is 51.1 Å². The summed E-state index contributed by atoms with van der Waals surface area (Å²) in [7, 11) is 1.72. The quantitative estimate of drug-likeness (QED) is 0.874. The molecule has 0 bridgehead atoms. The number of nitrogens with one attached hydrogen (secondary N) is 1. The van der Waals surface area contributed by atoms with Crippen molar-refractivity contribution in [3.63, 3.8) is 0 Å². The zero-order chi connectivity index (χ0) is 19.6. The maximum absolute atomic E-state index is 13.2. The fourth-order valence-electron chi connectivity index (χ4n) is 3.50. The Bertz CT molecular complexity index is 803. The number of hydrogen-bond donors (Lipinski definition) is 1. The average molecular weight is 370 g/mol. The molecule has 7 nitrogen and oxygen atoms in total. The molecule has 1 saturated heterocycles. The minimum Gasteiger partial charge on any atom is -0.356 e. The van der Waals surface area contributed by atoms with Crippen molar-refractivity contribution in [3.8, 4) is 0 Å². The molecule has 0 spiro atoms. The fourth-order valence-corrected chi connectivity index (χ4v) is 3.50. The van der Waals surface area contributed by atoms with Crippen LogP contribution in [0.5, 0.6) is 0 Å². The molecule has 2 aromatic rings. The topological polar surface area (TPSA) is 78.5 Å². The number of imidazole rings is 1. The van der Waals surface area contributed by atoms with Crippen LogP contribution in [-0.2, 0) is 20.9 Å². The number of morpholine rings is 1. The second-order valence-corrected chi connectivity index (χ2v) is 7.19. The van der Waals surface area contributed by atoms with Gasteiger partial charge in [-0.3, -0.25) is 9.59 Å². The first kappa shape index (κ1) is 19.1. The van der Waals surface area contributed by atoms with Crippen molar-refractivity contribution in [3.05, 3.63) is 53.6 Å². The van der Waals surface area contributed by atoms with Crippen LogP contribution in [0.25, 0.3) is 0 Å². The Kier molecular flexibility index (Phi) is 5.60. The first-order valence-corrected chi connectivity index (χ1v) is 9.11. The molecular formula is C20H26N4O3. The zero-order valence-corrected chi connectivity index (χ0v) is 16.2. The lowest BCUT2D eigenvalue weighted by Gasteiger charge is -2.43. The molecule has 2 heterocycles. The molecule has 27 heavy (non-hydrogen) atoms.